The second-order valence-corrected chi connectivity index (χ2v) is 6.11. The molecule has 3 rings (SSSR count). The molecular formula is C17H22FN4O2+. The number of rotatable bonds is 3. The predicted octanol–water partition coefficient (Wildman–Crippen LogP) is 0.589. The maximum Gasteiger partial charge on any atom is 0.358 e. The lowest BCUT2D eigenvalue weighted by atomic mass is 10.2. The summed E-state index contributed by atoms with van der Waals surface area (Å²) >= 11 is 0. The molecule has 0 atom stereocenters. The zero-order valence-electron chi connectivity index (χ0n) is 14.2. The van der Waals surface area contributed by atoms with Gasteiger partial charge in [-0.1, -0.05) is 0 Å². The number of ether oxygens (including phenoxy) is 1. The van der Waals surface area contributed by atoms with E-state index in [4.69, 9.17) is 4.74 Å². The molecule has 2 heterocycles. The highest BCUT2D eigenvalue weighted by Crippen LogP contribution is 2.25. The highest BCUT2D eigenvalue weighted by atomic mass is 19.1. The van der Waals surface area contributed by atoms with Crippen molar-refractivity contribution in [2.45, 2.75) is 13.8 Å². The molecule has 7 heteroatoms. The number of piperazine rings is 1. The maximum absolute atomic E-state index is 14.6. The first-order valence-electron chi connectivity index (χ1n) is 8.21. The fourth-order valence-electron chi connectivity index (χ4n) is 2.92. The molecule has 0 aliphatic carbocycles. The molecule has 128 valence electrons. The number of anilines is 1. The number of esters is 1. The van der Waals surface area contributed by atoms with E-state index in [0.717, 1.165) is 26.2 Å². The number of benzene rings is 1. The first-order chi connectivity index (χ1) is 11.5. The average molecular weight is 333 g/mol. The van der Waals surface area contributed by atoms with Crippen molar-refractivity contribution in [3.63, 3.8) is 0 Å². The smallest absolute Gasteiger partial charge is 0.358 e. The van der Waals surface area contributed by atoms with E-state index < -0.39 is 5.97 Å². The Morgan fingerprint density at radius 2 is 1.96 bits per heavy atom. The van der Waals surface area contributed by atoms with Gasteiger partial charge in [0, 0.05) is 6.07 Å². The van der Waals surface area contributed by atoms with Gasteiger partial charge in [0.2, 0.25) is 0 Å². The molecule has 0 spiro atoms. The summed E-state index contributed by atoms with van der Waals surface area (Å²) in [5.41, 5.74) is 2.13. The number of likely N-dealkylation sites (N-methyl/N-ethyl adjacent to an activating group) is 1. The van der Waals surface area contributed by atoms with Crippen LogP contribution in [0.4, 0.5) is 10.1 Å². The van der Waals surface area contributed by atoms with Crippen LogP contribution in [0.5, 0.6) is 0 Å². The topological polar surface area (TPSA) is 59.8 Å². The van der Waals surface area contributed by atoms with Gasteiger partial charge in [-0.25, -0.2) is 19.2 Å². The summed E-state index contributed by atoms with van der Waals surface area (Å²) in [5, 5.41) is 0. The second-order valence-electron chi connectivity index (χ2n) is 6.11. The summed E-state index contributed by atoms with van der Waals surface area (Å²) in [7, 11) is 2.14. The molecule has 1 aliphatic rings. The van der Waals surface area contributed by atoms with Gasteiger partial charge in [0.05, 0.1) is 62.2 Å². The molecule has 24 heavy (non-hydrogen) atoms. The minimum Gasteiger partial charge on any atom is -0.461 e. The van der Waals surface area contributed by atoms with Crippen LogP contribution in [0.15, 0.2) is 12.1 Å². The van der Waals surface area contributed by atoms with Crippen LogP contribution >= 0.6 is 0 Å². The van der Waals surface area contributed by atoms with Crippen LogP contribution in [-0.2, 0) is 4.74 Å². The SMILES string of the molecule is CCOC(=O)c1nc2cc(F)c(N3CC[NH+](C)CC3)cc2nc1C. The fourth-order valence-corrected chi connectivity index (χ4v) is 2.92. The third-order valence-corrected chi connectivity index (χ3v) is 4.33. The number of carbonyl (C=O) groups is 1. The lowest BCUT2D eigenvalue weighted by Crippen LogP contribution is -3.12. The Kier molecular flexibility index (Phi) is 4.62. The van der Waals surface area contributed by atoms with E-state index in [1.54, 1.807) is 19.9 Å². The predicted molar refractivity (Wildman–Crippen MR) is 89.0 cm³/mol. The third-order valence-electron chi connectivity index (χ3n) is 4.33. The first-order valence-corrected chi connectivity index (χ1v) is 8.21. The molecule has 0 radical (unpaired) electrons. The van der Waals surface area contributed by atoms with Crippen molar-refractivity contribution < 1.29 is 18.8 Å². The lowest BCUT2D eigenvalue weighted by Gasteiger charge is -2.32. The zero-order valence-corrected chi connectivity index (χ0v) is 14.2. The summed E-state index contributed by atoms with van der Waals surface area (Å²) in [6.45, 7) is 7.26. The van der Waals surface area contributed by atoms with Gasteiger partial charge in [0.25, 0.3) is 0 Å². The fraction of sp³-hybridized carbons (Fsp3) is 0.471. The van der Waals surface area contributed by atoms with Crippen molar-refractivity contribution in [1.82, 2.24) is 9.97 Å². The number of nitrogens with zero attached hydrogens (tertiary/aromatic N) is 3. The van der Waals surface area contributed by atoms with Crippen LogP contribution in [0.3, 0.4) is 0 Å². The average Bonchev–Trinajstić information content (AvgIpc) is 2.55. The van der Waals surface area contributed by atoms with Crippen molar-refractivity contribution in [2.75, 3.05) is 44.7 Å². The molecule has 2 aromatic rings. The summed E-state index contributed by atoms with van der Waals surface area (Å²) < 4.78 is 19.5. The monoisotopic (exact) mass is 333 g/mol. The van der Waals surface area contributed by atoms with E-state index in [1.807, 2.05) is 4.90 Å². The third kappa shape index (κ3) is 3.17. The van der Waals surface area contributed by atoms with Gasteiger partial charge in [0.15, 0.2) is 5.69 Å². The van der Waals surface area contributed by atoms with E-state index in [9.17, 15) is 9.18 Å². The normalized spacial score (nSPS) is 15.8. The van der Waals surface area contributed by atoms with Crippen molar-refractivity contribution in [3.05, 3.63) is 29.3 Å². The van der Waals surface area contributed by atoms with Gasteiger partial charge in [0.1, 0.15) is 5.82 Å². The van der Waals surface area contributed by atoms with Crippen LogP contribution in [0.25, 0.3) is 11.0 Å². The number of quaternary nitrogens is 1. The maximum atomic E-state index is 14.6. The van der Waals surface area contributed by atoms with Crippen LogP contribution in [0.1, 0.15) is 23.1 Å². The van der Waals surface area contributed by atoms with Gasteiger partial charge in [-0.05, 0) is 19.9 Å². The Morgan fingerprint density at radius 3 is 2.62 bits per heavy atom. The summed E-state index contributed by atoms with van der Waals surface area (Å²) in [4.78, 5) is 24.1. The molecular weight excluding hydrogens is 311 g/mol. The van der Waals surface area contributed by atoms with Gasteiger partial charge in [-0.3, -0.25) is 0 Å². The number of fused-ring (bicyclic) bond motifs is 1. The molecule has 0 unspecified atom stereocenters. The Balaban J connectivity index is 1.99. The molecule has 1 saturated heterocycles. The van der Waals surface area contributed by atoms with Gasteiger partial charge in [-0.15, -0.1) is 0 Å². The molecule has 0 amide bonds. The largest absolute Gasteiger partial charge is 0.461 e. The minimum absolute atomic E-state index is 0.139. The second kappa shape index (κ2) is 6.68. The number of aryl methyl sites for hydroxylation is 1. The van der Waals surface area contributed by atoms with Crippen LogP contribution < -0.4 is 9.80 Å². The van der Waals surface area contributed by atoms with Crippen molar-refractivity contribution in [1.29, 1.82) is 0 Å². The number of aromatic nitrogens is 2. The zero-order chi connectivity index (χ0) is 17.3. The molecule has 6 nitrogen and oxygen atoms in total. The lowest BCUT2D eigenvalue weighted by molar-refractivity contribution is -0.880. The number of carbonyl (C=O) groups excluding carboxylic acids is 1. The number of nitrogens with one attached hydrogen (secondary N) is 1. The molecule has 1 aromatic heterocycles. The standard InChI is InChI=1S/C17H21FN4O2/c1-4-24-17(23)16-11(2)19-14-10-15(12(18)9-13(14)20-16)22-7-5-21(3)6-8-22/h9-10H,4-8H2,1-3H3/p+1. The molecule has 1 aliphatic heterocycles. The van der Waals surface area contributed by atoms with E-state index >= 15 is 0 Å². The highest BCUT2D eigenvalue weighted by molar-refractivity contribution is 5.91. The molecule has 1 aromatic carbocycles. The van der Waals surface area contributed by atoms with Gasteiger partial charge >= 0.3 is 5.97 Å². The van der Waals surface area contributed by atoms with E-state index in [1.165, 1.54) is 11.0 Å². The quantitative estimate of drug-likeness (QED) is 0.833. The summed E-state index contributed by atoms with van der Waals surface area (Å²) in [5.74, 6) is -0.869. The minimum atomic E-state index is -0.532. The highest BCUT2D eigenvalue weighted by Gasteiger charge is 2.22. The Labute approximate surface area is 140 Å². The Morgan fingerprint density at radius 1 is 1.29 bits per heavy atom. The summed E-state index contributed by atoms with van der Waals surface area (Å²) in [6.07, 6.45) is 0. The Hall–Kier alpha value is -2.28. The molecule has 0 saturated carbocycles. The van der Waals surface area contributed by atoms with Crippen molar-refractivity contribution in [3.8, 4) is 0 Å². The van der Waals surface area contributed by atoms with E-state index in [2.05, 4.69) is 17.0 Å². The van der Waals surface area contributed by atoms with Crippen molar-refractivity contribution in [2.24, 2.45) is 0 Å². The molecule has 1 fully saturated rings. The molecule has 0 bridgehead atoms. The summed E-state index contributed by atoms with van der Waals surface area (Å²) in [6, 6.07) is 3.07. The van der Waals surface area contributed by atoms with Gasteiger partial charge in [-0.2, -0.15) is 0 Å². The van der Waals surface area contributed by atoms with Gasteiger partial charge < -0.3 is 14.5 Å². The number of hydrogen-bond donors (Lipinski definition) is 1. The number of halogens is 1. The van der Waals surface area contributed by atoms with Crippen molar-refractivity contribution >= 4 is 22.7 Å². The van der Waals surface area contributed by atoms with E-state index in [-0.39, 0.29) is 18.1 Å². The van der Waals surface area contributed by atoms with E-state index in [0.29, 0.717) is 22.4 Å². The van der Waals surface area contributed by atoms with Crippen LogP contribution in [0, 0.1) is 12.7 Å². The van der Waals surface area contributed by atoms with Crippen LogP contribution in [0.2, 0.25) is 0 Å². The number of hydrogen-bond acceptors (Lipinski definition) is 5. The van der Waals surface area contributed by atoms with Crippen LogP contribution in [-0.4, -0.2) is 55.8 Å². The first kappa shape index (κ1) is 16.6. The Bertz CT molecular complexity index is 773. The molecule has 1 N–H and O–H groups in total.